The molecule has 0 N–H and O–H groups in total. The molecule has 0 aliphatic carbocycles. The van der Waals surface area contributed by atoms with Crippen LogP contribution in [0.3, 0.4) is 0 Å². The molecule has 0 aliphatic rings. The number of rotatable bonds is 7. The van der Waals surface area contributed by atoms with E-state index in [2.05, 4.69) is 192 Å². The Balaban J connectivity index is 1.13. The fraction of sp³-hybridized carbons (Fsp3) is 0. The van der Waals surface area contributed by atoms with Crippen LogP contribution in [-0.4, -0.2) is 0 Å². The predicted molar refractivity (Wildman–Crippen MR) is 221 cm³/mol. The van der Waals surface area contributed by atoms with Gasteiger partial charge in [-0.15, -0.1) is 11.3 Å². The minimum atomic E-state index is 0.874. The lowest BCUT2D eigenvalue weighted by atomic mass is 10.0. The second-order valence-electron chi connectivity index (χ2n) is 13.0. The number of fused-ring (bicyclic) bond motifs is 6. The van der Waals surface area contributed by atoms with Crippen molar-refractivity contribution >= 4 is 87.6 Å². The zero-order chi connectivity index (χ0) is 34.4. The second-order valence-corrected chi connectivity index (χ2v) is 14.1. The standard InChI is InChI=1S/C48H32N2OS/c1-4-13-33(14-5-1)34-23-25-37(26-24-34)50(44-21-12-20-42-40-19-10-11-22-45(40)51-48(42)44)39-27-29-41-43-31-38(28-30-46(43)52-47(41)32-39)49(35-15-6-2-7-16-35)36-17-8-3-9-18-36/h1-32H. The van der Waals surface area contributed by atoms with E-state index in [1.807, 2.05) is 23.5 Å². The third-order valence-corrected chi connectivity index (χ3v) is 11.0. The van der Waals surface area contributed by atoms with Crippen molar-refractivity contribution in [1.82, 2.24) is 0 Å². The fourth-order valence-electron chi connectivity index (χ4n) is 7.40. The van der Waals surface area contributed by atoms with E-state index in [0.717, 1.165) is 56.1 Å². The summed E-state index contributed by atoms with van der Waals surface area (Å²) in [4.78, 5) is 4.66. The zero-order valence-electron chi connectivity index (χ0n) is 28.2. The molecule has 0 atom stereocenters. The van der Waals surface area contributed by atoms with Crippen LogP contribution < -0.4 is 9.80 Å². The van der Waals surface area contributed by atoms with Crippen LogP contribution in [0.25, 0.3) is 53.2 Å². The van der Waals surface area contributed by atoms with E-state index in [4.69, 9.17) is 4.42 Å². The molecule has 10 aromatic rings. The first kappa shape index (κ1) is 30.2. The van der Waals surface area contributed by atoms with Gasteiger partial charge < -0.3 is 14.2 Å². The topological polar surface area (TPSA) is 19.6 Å². The average Bonchev–Trinajstić information content (AvgIpc) is 3.78. The maximum Gasteiger partial charge on any atom is 0.159 e. The summed E-state index contributed by atoms with van der Waals surface area (Å²) >= 11 is 1.83. The monoisotopic (exact) mass is 684 g/mol. The van der Waals surface area contributed by atoms with Gasteiger partial charge in [-0.05, 0) is 90.0 Å². The molecule has 3 nitrogen and oxygen atoms in total. The van der Waals surface area contributed by atoms with Gasteiger partial charge in [-0.25, -0.2) is 0 Å². The van der Waals surface area contributed by atoms with Crippen LogP contribution in [-0.2, 0) is 0 Å². The van der Waals surface area contributed by atoms with E-state index in [1.165, 1.54) is 31.3 Å². The molecule has 0 aliphatic heterocycles. The summed E-state index contributed by atoms with van der Waals surface area (Å²) in [6, 6.07) is 69.0. The van der Waals surface area contributed by atoms with Gasteiger partial charge in [0.25, 0.3) is 0 Å². The van der Waals surface area contributed by atoms with Crippen LogP contribution in [0.15, 0.2) is 199 Å². The van der Waals surface area contributed by atoms with Crippen LogP contribution in [0.2, 0.25) is 0 Å². The summed E-state index contributed by atoms with van der Waals surface area (Å²) in [6.07, 6.45) is 0. The largest absolute Gasteiger partial charge is 0.454 e. The molecule has 0 bridgehead atoms. The highest BCUT2D eigenvalue weighted by atomic mass is 32.1. The van der Waals surface area contributed by atoms with Crippen LogP contribution >= 0.6 is 11.3 Å². The molecule has 246 valence electrons. The highest BCUT2D eigenvalue weighted by molar-refractivity contribution is 7.25. The third kappa shape index (κ3) is 5.20. The van der Waals surface area contributed by atoms with Gasteiger partial charge in [0, 0.05) is 59.4 Å². The zero-order valence-corrected chi connectivity index (χ0v) is 29.0. The summed E-state index contributed by atoms with van der Waals surface area (Å²) < 4.78 is 9.09. The summed E-state index contributed by atoms with van der Waals surface area (Å²) in [5.74, 6) is 0. The quantitative estimate of drug-likeness (QED) is 0.167. The van der Waals surface area contributed by atoms with Crippen LogP contribution in [0.1, 0.15) is 0 Å². The number of hydrogen-bond acceptors (Lipinski definition) is 4. The van der Waals surface area contributed by atoms with E-state index in [9.17, 15) is 0 Å². The molecule has 0 unspecified atom stereocenters. The number of para-hydroxylation sites is 4. The number of benzene rings is 8. The molecule has 0 saturated heterocycles. The minimum Gasteiger partial charge on any atom is -0.454 e. The van der Waals surface area contributed by atoms with Gasteiger partial charge in [0.05, 0.1) is 5.69 Å². The van der Waals surface area contributed by atoms with E-state index >= 15 is 0 Å². The fourth-order valence-corrected chi connectivity index (χ4v) is 8.52. The first-order valence-electron chi connectivity index (χ1n) is 17.5. The molecule has 0 saturated carbocycles. The molecule has 2 aromatic heterocycles. The van der Waals surface area contributed by atoms with Crippen molar-refractivity contribution in [2.45, 2.75) is 0 Å². The lowest BCUT2D eigenvalue weighted by Crippen LogP contribution is -2.10. The average molecular weight is 685 g/mol. The molecule has 8 aromatic carbocycles. The van der Waals surface area contributed by atoms with Crippen molar-refractivity contribution in [2.75, 3.05) is 9.80 Å². The number of thiophene rings is 1. The number of hydrogen-bond donors (Lipinski definition) is 0. The van der Waals surface area contributed by atoms with Crippen molar-refractivity contribution in [3.63, 3.8) is 0 Å². The van der Waals surface area contributed by atoms with Crippen molar-refractivity contribution in [3.8, 4) is 11.1 Å². The van der Waals surface area contributed by atoms with Crippen LogP contribution in [0, 0.1) is 0 Å². The highest BCUT2D eigenvalue weighted by Gasteiger charge is 2.21. The van der Waals surface area contributed by atoms with Crippen molar-refractivity contribution < 1.29 is 4.42 Å². The normalized spacial score (nSPS) is 11.5. The van der Waals surface area contributed by atoms with E-state index < -0.39 is 0 Å². The Morgan fingerprint density at radius 1 is 0.346 bits per heavy atom. The minimum absolute atomic E-state index is 0.874. The molecular formula is C48H32N2OS. The molecule has 0 fully saturated rings. The first-order chi connectivity index (χ1) is 25.8. The Morgan fingerprint density at radius 3 is 1.67 bits per heavy atom. The Morgan fingerprint density at radius 2 is 0.923 bits per heavy atom. The van der Waals surface area contributed by atoms with Crippen LogP contribution in [0.5, 0.6) is 0 Å². The van der Waals surface area contributed by atoms with Gasteiger partial charge in [0.1, 0.15) is 5.58 Å². The van der Waals surface area contributed by atoms with Gasteiger partial charge in [-0.2, -0.15) is 0 Å². The van der Waals surface area contributed by atoms with Gasteiger partial charge in [-0.3, -0.25) is 0 Å². The smallest absolute Gasteiger partial charge is 0.159 e. The second kappa shape index (κ2) is 12.6. The van der Waals surface area contributed by atoms with Gasteiger partial charge in [0.2, 0.25) is 0 Å². The molecule has 0 radical (unpaired) electrons. The molecule has 0 amide bonds. The van der Waals surface area contributed by atoms with Crippen molar-refractivity contribution in [1.29, 1.82) is 0 Å². The summed E-state index contributed by atoms with van der Waals surface area (Å²) in [5.41, 5.74) is 10.7. The predicted octanol–water partition coefficient (Wildman–Crippen LogP) is 14.6. The Kier molecular flexibility index (Phi) is 7.33. The molecular weight excluding hydrogens is 653 g/mol. The van der Waals surface area contributed by atoms with Gasteiger partial charge in [0.15, 0.2) is 5.58 Å². The summed E-state index contributed by atoms with van der Waals surface area (Å²) in [7, 11) is 0. The Labute approximate surface area is 305 Å². The van der Waals surface area contributed by atoms with E-state index in [0.29, 0.717) is 0 Å². The van der Waals surface area contributed by atoms with Gasteiger partial charge >= 0.3 is 0 Å². The summed E-state index contributed by atoms with van der Waals surface area (Å²) in [6.45, 7) is 0. The molecule has 2 heterocycles. The Bertz CT molecular complexity index is 2800. The van der Waals surface area contributed by atoms with Crippen molar-refractivity contribution in [2.24, 2.45) is 0 Å². The molecule has 10 rings (SSSR count). The molecule has 52 heavy (non-hydrogen) atoms. The first-order valence-corrected chi connectivity index (χ1v) is 18.3. The highest BCUT2D eigenvalue weighted by Crippen LogP contribution is 2.46. The SMILES string of the molecule is c1ccc(-c2ccc(N(c3ccc4c(c3)sc3ccc(N(c5ccccc5)c5ccccc5)cc34)c3cccc4c3oc3ccccc34)cc2)cc1. The lowest BCUT2D eigenvalue weighted by molar-refractivity contribution is 0.669. The number of nitrogens with zero attached hydrogens (tertiary/aromatic N) is 2. The maximum absolute atomic E-state index is 6.60. The molecule has 4 heteroatoms. The van der Waals surface area contributed by atoms with Crippen molar-refractivity contribution in [3.05, 3.63) is 194 Å². The number of furan rings is 1. The van der Waals surface area contributed by atoms with E-state index in [1.54, 1.807) is 0 Å². The molecule has 0 spiro atoms. The maximum atomic E-state index is 6.60. The number of anilines is 6. The summed E-state index contributed by atoms with van der Waals surface area (Å²) in [5, 5.41) is 4.72. The lowest BCUT2D eigenvalue weighted by Gasteiger charge is -2.26. The van der Waals surface area contributed by atoms with E-state index in [-0.39, 0.29) is 0 Å². The van der Waals surface area contributed by atoms with Crippen LogP contribution in [0.4, 0.5) is 34.1 Å². The third-order valence-electron chi connectivity index (χ3n) is 9.84. The Hall–Kier alpha value is -6.62. The van der Waals surface area contributed by atoms with Gasteiger partial charge in [-0.1, -0.05) is 115 Å².